The molecule has 1 fully saturated rings. The molecular formula is C11H18N2O2. The largest absolute Gasteiger partial charge is 0.378 e. The van der Waals surface area contributed by atoms with Crippen LogP contribution in [0, 0.1) is 12.3 Å². The van der Waals surface area contributed by atoms with Crippen molar-refractivity contribution in [1.29, 1.82) is 0 Å². The molecule has 15 heavy (non-hydrogen) atoms. The summed E-state index contributed by atoms with van der Waals surface area (Å²) in [5.41, 5.74) is 0. The van der Waals surface area contributed by atoms with Crippen molar-refractivity contribution in [2.75, 3.05) is 26.3 Å². The molecule has 4 heteroatoms. The van der Waals surface area contributed by atoms with E-state index < -0.39 is 0 Å². The van der Waals surface area contributed by atoms with Crippen LogP contribution in [-0.2, 0) is 9.53 Å². The van der Waals surface area contributed by atoms with Crippen LogP contribution in [0.5, 0.6) is 0 Å². The van der Waals surface area contributed by atoms with Crippen molar-refractivity contribution in [3.05, 3.63) is 0 Å². The molecule has 0 radical (unpaired) electrons. The Hall–Kier alpha value is -1.05. The predicted octanol–water partition coefficient (Wildman–Crippen LogP) is -0.105. The summed E-state index contributed by atoms with van der Waals surface area (Å²) >= 11 is 0. The van der Waals surface area contributed by atoms with Crippen LogP contribution in [-0.4, -0.2) is 38.3 Å². The first-order chi connectivity index (χ1) is 7.33. The van der Waals surface area contributed by atoms with Crippen LogP contribution in [0.1, 0.15) is 19.3 Å². The Balaban J connectivity index is 2.04. The van der Waals surface area contributed by atoms with E-state index in [1.807, 2.05) is 0 Å². The molecule has 0 bridgehead atoms. The first kappa shape index (κ1) is 12.0. The molecule has 0 spiro atoms. The highest BCUT2D eigenvalue weighted by atomic mass is 16.5. The van der Waals surface area contributed by atoms with E-state index in [0.717, 1.165) is 19.6 Å². The number of amides is 1. The third-order valence-electron chi connectivity index (χ3n) is 2.25. The zero-order chi connectivity index (χ0) is 10.9. The van der Waals surface area contributed by atoms with Crippen LogP contribution in [0.15, 0.2) is 0 Å². The number of carbonyl (C=O) groups is 1. The number of rotatable bonds is 5. The van der Waals surface area contributed by atoms with Gasteiger partial charge in [-0.1, -0.05) is 0 Å². The predicted molar refractivity (Wildman–Crippen MR) is 58.3 cm³/mol. The summed E-state index contributed by atoms with van der Waals surface area (Å²) < 4.78 is 5.26. The standard InChI is InChI=1S/C11H18N2O2/c1-2-3-4-5-13-11(14)8-10-9-15-7-6-12-10/h1,10,12H,3-9H2,(H,13,14). The van der Waals surface area contributed by atoms with Crippen molar-refractivity contribution in [3.8, 4) is 12.3 Å². The summed E-state index contributed by atoms with van der Waals surface area (Å²) in [4.78, 5) is 11.4. The molecule has 1 amide bonds. The Morgan fingerprint density at radius 1 is 1.67 bits per heavy atom. The Morgan fingerprint density at radius 3 is 3.20 bits per heavy atom. The summed E-state index contributed by atoms with van der Waals surface area (Å²) in [7, 11) is 0. The molecule has 0 saturated carbocycles. The minimum Gasteiger partial charge on any atom is -0.378 e. The molecule has 0 aromatic heterocycles. The second-order valence-electron chi connectivity index (χ2n) is 3.59. The van der Waals surface area contributed by atoms with Gasteiger partial charge in [-0.3, -0.25) is 4.79 Å². The van der Waals surface area contributed by atoms with Crippen molar-refractivity contribution in [2.24, 2.45) is 0 Å². The van der Waals surface area contributed by atoms with Crippen molar-refractivity contribution < 1.29 is 9.53 Å². The highest BCUT2D eigenvalue weighted by molar-refractivity contribution is 5.76. The second kappa shape index (κ2) is 7.27. The topological polar surface area (TPSA) is 50.4 Å². The maximum absolute atomic E-state index is 11.4. The zero-order valence-electron chi connectivity index (χ0n) is 8.92. The SMILES string of the molecule is C#CCCCNC(=O)CC1COCCN1. The van der Waals surface area contributed by atoms with E-state index in [0.29, 0.717) is 26.0 Å². The molecule has 0 aromatic rings. The Kier molecular flexibility index (Phi) is 5.83. The third-order valence-corrected chi connectivity index (χ3v) is 2.25. The lowest BCUT2D eigenvalue weighted by Crippen LogP contribution is -2.44. The smallest absolute Gasteiger partial charge is 0.221 e. The fraction of sp³-hybridized carbons (Fsp3) is 0.727. The molecule has 0 aromatic carbocycles. The normalized spacial score (nSPS) is 20.6. The van der Waals surface area contributed by atoms with Gasteiger partial charge in [-0.15, -0.1) is 12.3 Å². The van der Waals surface area contributed by atoms with Gasteiger partial charge in [-0.25, -0.2) is 0 Å². The molecule has 1 aliphatic heterocycles. The van der Waals surface area contributed by atoms with Crippen LogP contribution in [0.2, 0.25) is 0 Å². The fourth-order valence-corrected chi connectivity index (χ4v) is 1.47. The molecule has 1 unspecified atom stereocenters. The van der Waals surface area contributed by atoms with Gasteiger partial charge in [0.05, 0.1) is 13.2 Å². The third kappa shape index (κ3) is 5.40. The van der Waals surface area contributed by atoms with Gasteiger partial charge < -0.3 is 15.4 Å². The van der Waals surface area contributed by atoms with E-state index in [1.54, 1.807) is 0 Å². The second-order valence-corrected chi connectivity index (χ2v) is 3.59. The Labute approximate surface area is 90.8 Å². The number of terminal acetylenes is 1. The molecule has 1 rings (SSSR count). The van der Waals surface area contributed by atoms with Crippen LogP contribution in [0.3, 0.4) is 0 Å². The van der Waals surface area contributed by atoms with Crippen LogP contribution < -0.4 is 10.6 Å². The molecule has 1 atom stereocenters. The van der Waals surface area contributed by atoms with E-state index >= 15 is 0 Å². The number of morpholine rings is 1. The number of nitrogens with one attached hydrogen (secondary N) is 2. The van der Waals surface area contributed by atoms with Gasteiger partial charge in [-0.2, -0.15) is 0 Å². The first-order valence-corrected chi connectivity index (χ1v) is 5.34. The number of hydrogen-bond acceptors (Lipinski definition) is 3. The van der Waals surface area contributed by atoms with Crippen molar-refractivity contribution >= 4 is 5.91 Å². The van der Waals surface area contributed by atoms with Gasteiger partial charge >= 0.3 is 0 Å². The number of carbonyl (C=O) groups excluding carboxylic acids is 1. The molecular weight excluding hydrogens is 192 g/mol. The van der Waals surface area contributed by atoms with E-state index in [2.05, 4.69) is 16.6 Å². The van der Waals surface area contributed by atoms with Gasteiger partial charge in [0.1, 0.15) is 0 Å². The number of unbranched alkanes of at least 4 members (excludes halogenated alkanes) is 1. The lowest BCUT2D eigenvalue weighted by molar-refractivity contribution is -0.122. The molecule has 0 aliphatic carbocycles. The maximum atomic E-state index is 11.4. The van der Waals surface area contributed by atoms with Crippen molar-refractivity contribution in [2.45, 2.75) is 25.3 Å². The fourth-order valence-electron chi connectivity index (χ4n) is 1.47. The highest BCUT2D eigenvalue weighted by Crippen LogP contribution is 1.98. The maximum Gasteiger partial charge on any atom is 0.221 e. The van der Waals surface area contributed by atoms with Gasteiger partial charge in [0.15, 0.2) is 0 Å². The molecule has 4 nitrogen and oxygen atoms in total. The minimum atomic E-state index is 0.0648. The average molecular weight is 210 g/mol. The van der Waals surface area contributed by atoms with Crippen LogP contribution >= 0.6 is 0 Å². The van der Waals surface area contributed by atoms with Gasteiger partial charge in [-0.05, 0) is 6.42 Å². The summed E-state index contributed by atoms with van der Waals surface area (Å²) in [5.74, 6) is 2.60. The summed E-state index contributed by atoms with van der Waals surface area (Å²) in [6, 6.07) is 0.159. The number of hydrogen-bond donors (Lipinski definition) is 2. The van der Waals surface area contributed by atoms with Gasteiger partial charge in [0, 0.05) is 32.0 Å². The Morgan fingerprint density at radius 2 is 2.53 bits per heavy atom. The number of ether oxygens (including phenoxy) is 1. The summed E-state index contributed by atoms with van der Waals surface area (Å²) in [6.45, 7) is 2.85. The molecule has 1 aliphatic rings. The van der Waals surface area contributed by atoms with Gasteiger partial charge in [0.25, 0.3) is 0 Å². The molecule has 84 valence electrons. The van der Waals surface area contributed by atoms with Gasteiger partial charge in [0.2, 0.25) is 5.91 Å². The molecule has 1 saturated heterocycles. The molecule has 1 heterocycles. The summed E-state index contributed by atoms with van der Waals surface area (Å²) in [5, 5.41) is 6.07. The monoisotopic (exact) mass is 210 g/mol. The van der Waals surface area contributed by atoms with Crippen molar-refractivity contribution in [1.82, 2.24) is 10.6 Å². The Bertz CT molecular complexity index is 229. The lowest BCUT2D eigenvalue weighted by atomic mass is 10.2. The van der Waals surface area contributed by atoms with E-state index in [4.69, 9.17) is 11.2 Å². The van der Waals surface area contributed by atoms with E-state index in [1.165, 1.54) is 0 Å². The highest BCUT2D eigenvalue weighted by Gasteiger charge is 2.16. The van der Waals surface area contributed by atoms with Crippen LogP contribution in [0.25, 0.3) is 0 Å². The average Bonchev–Trinajstić information content (AvgIpc) is 2.26. The van der Waals surface area contributed by atoms with E-state index in [9.17, 15) is 4.79 Å². The molecule has 2 N–H and O–H groups in total. The van der Waals surface area contributed by atoms with Crippen LogP contribution in [0.4, 0.5) is 0 Å². The quantitative estimate of drug-likeness (QED) is 0.492. The van der Waals surface area contributed by atoms with E-state index in [-0.39, 0.29) is 11.9 Å². The minimum absolute atomic E-state index is 0.0648. The summed E-state index contributed by atoms with van der Waals surface area (Å²) in [6.07, 6.45) is 7.15. The van der Waals surface area contributed by atoms with Crippen molar-refractivity contribution in [3.63, 3.8) is 0 Å². The lowest BCUT2D eigenvalue weighted by Gasteiger charge is -2.23. The zero-order valence-corrected chi connectivity index (χ0v) is 8.92. The first-order valence-electron chi connectivity index (χ1n) is 5.34.